The molecule has 1 aliphatic heterocycles. The standard InChI is InChI=1S/C19H24N2O2/c1-3-16-13-23-14(2)11-21(16)12-19(22)20-18-10-6-8-15-7-4-5-9-17(15)18/h4-10,14,16H,3,11-13H2,1-2H3,(H,20,22)/t14-,16-/m1/s1. The predicted molar refractivity (Wildman–Crippen MR) is 93.6 cm³/mol. The molecule has 2 atom stereocenters. The zero-order valence-electron chi connectivity index (χ0n) is 13.8. The van der Waals surface area contributed by atoms with Gasteiger partial charge in [-0.1, -0.05) is 43.3 Å². The molecule has 0 aromatic heterocycles. The van der Waals surface area contributed by atoms with E-state index in [9.17, 15) is 4.79 Å². The summed E-state index contributed by atoms with van der Waals surface area (Å²) in [7, 11) is 0. The fourth-order valence-corrected chi connectivity index (χ4v) is 3.19. The third-order valence-corrected chi connectivity index (χ3v) is 4.46. The van der Waals surface area contributed by atoms with Gasteiger partial charge < -0.3 is 10.1 Å². The summed E-state index contributed by atoms with van der Waals surface area (Å²) in [6.07, 6.45) is 1.18. The molecule has 2 aromatic carbocycles. The minimum atomic E-state index is 0.0360. The molecule has 0 spiro atoms. The summed E-state index contributed by atoms with van der Waals surface area (Å²) in [5.74, 6) is 0.0360. The molecule has 4 heteroatoms. The van der Waals surface area contributed by atoms with Crippen LogP contribution in [0.5, 0.6) is 0 Å². The van der Waals surface area contributed by atoms with Crippen molar-refractivity contribution in [3.8, 4) is 0 Å². The Balaban J connectivity index is 1.71. The first-order chi connectivity index (χ1) is 11.2. The number of morpholine rings is 1. The van der Waals surface area contributed by atoms with Crippen molar-refractivity contribution in [1.29, 1.82) is 0 Å². The number of hydrogen-bond donors (Lipinski definition) is 1. The molecule has 1 fully saturated rings. The lowest BCUT2D eigenvalue weighted by Crippen LogP contribution is -2.51. The van der Waals surface area contributed by atoms with Crippen LogP contribution in [0.3, 0.4) is 0 Å². The maximum atomic E-state index is 12.5. The topological polar surface area (TPSA) is 41.6 Å². The second kappa shape index (κ2) is 7.11. The predicted octanol–water partition coefficient (Wildman–Crippen LogP) is 3.28. The molecule has 0 aliphatic carbocycles. The third-order valence-electron chi connectivity index (χ3n) is 4.46. The monoisotopic (exact) mass is 312 g/mol. The fourth-order valence-electron chi connectivity index (χ4n) is 3.19. The summed E-state index contributed by atoms with van der Waals surface area (Å²) in [6.45, 7) is 6.12. The van der Waals surface area contributed by atoms with Crippen LogP contribution in [0.25, 0.3) is 10.8 Å². The van der Waals surface area contributed by atoms with Gasteiger partial charge in [-0.05, 0) is 24.8 Å². The van der Waals surface area contributed by atoms with Crippen molar-refractivity contribution in [3.05, 3.63) is 42.5 Å². The van der Waals surface area contributed by atoms with Gasteiger partial charge in [-0.2, -0.15) is 0 Å². The number of fused-ring (bicyclic) bond motifs is 1. The molecule has 1 aliphatic rings. The SMILES string of the molecule is CC[C@@H]1CO[C@H](C)CN1CC(=O)Nc1cccc2ccccc12. The number of nitrogens with zero attached hydrogens (tertiary/aromatic N) is 1. The van der Waals surface area contributed by atoms with Crippen LogP contribution in [0.1, 0.15) is 20.3 Å². The van der Waals surface area contributed by atoms with E-state index in [2.05, 4.69) is 36.2 Å². The van der Waals surface area contributed by atoms with Gasteiger partial charge in [0.05, 0.1) is 19.3 Å². The zero-order valence-corrected chi connectivity index (χ0v) is 13.8. The highest BCUT2D eigenvalue weighted by atomic mass is 16.5. The van der Waals surface area contributed by atoms with Crippen LogP contribution in [0.2, 0.25) is 0 Å². The summed E-state index contributed by atoms with van der Waals surface area (Å²) in [5.41, 5.74) is 0.877. The number of anilines is 1. The van der Waals surface area contributed by atoms with Crippen molar-refractivity contribution >= 4 is 22.4 Å². The van der Waals surface area contributed by atoms with Crippen LogP contribution in [-0.2, 0) is 9.53 Å². The normalized spacial score (nSPS) is 22.2. The first kappa shape index (κ1) is 16.0. The van der Waals surface area contributed by atoms with E-state index in [0.717, 1.165) is 29.4 Å². The third kappa shape index (κ3) is 3.71. The lowest BCUT2D eigenvalue weighted by atomic mass is 10.1. The summed E-state index contributed by atoms with van der Waals surface area (Å²) in [4.78, 5) is 14.7. The van der Waals surface area contributed by atoms with Gasteiger partial charge in [0.15, 0.2) is 0 Å². The number of hydrogen-bond acceptors (Lipinski definition) is 3. The smallest absolute Gasteiger partial charge is 0.238 e. The number of carbonyl (C=O) groups is 1. The molecular formula is C19H24N2O2. The Morgan fingerprint density at radius 3 is 2.87 bits per heavy atom. The maximum Gasteiger partial charge on any atom is 0.238 e. The number of nitrogens with one attached hydrogen (secondary N) is 1. The summed E-state index contributed by atoms with van der Waals surface area (Å²) in [5, 5.41) is 5.28. The van der Waals surface area contributed by atoms with Gasteiger partial charge in [-0.15, -0.1) is 0 Å². The van der Waals surface area contributed by atoms with Crippen molar-refractivity contribution in [1.82, 2.24) is 4.90 Å². The van der Waals surface area contributed by atoms with Gasteiger partial charge in [0.1, 0.15) is 0 Å². The molecule has 122 valence electrons. The van der Waals surface area contributed by atoms with Crippen LogP contribution >= 0.6 is 0 Å². The van der Waals surface area contributed by atoms with Gasteiger partial charge in [-0.3, -0.25) is 9.69 Å². The van der Waals surface area contributed by atoms with E-state index in [1.807, 2.05) is 30.3 Å². The Hall–Kier alpha value is -1.91. The average Bonchev–Trinajstić information content (AvgIpc) is 2.55. The molecule has 0 radical (unpaired) electrons. The van der Waals surface area contributed by atoms with Crippen molar-refractivity contribution < 1.29 is 9.53 Å². The number of benzene rings is 2. The first-order valence-corrected chi connectivity index (χ1v) is 8.30. The maximum absolute atomic E-state index is 12.5. The van der Waals surface area contributed by atoms with E-state index < -0.39 is 0 Å². The van der Waals surface area contributed by atoms with Crippen molar-refractivity contribution in [2.75, 3.05) is 25.0 Å². The van der Waals surface area contributed by atoms with Crippen molar-refractivity contribution in [2.24, 2.45) is 0 Å². The van der Waals surface area contributed by atoms with E-state index in [1.165, 1.54) is 0 Å². The van der Waals surface area contributed by atoms with Gasteiger partial charge in [0, 0.05) is 23.7 Å². The minimum absolute atomic E-state index is 0.0360. The molecule has 2 aromatic rings. The van der Waals surface area contributed by atoms with Gasteiger partial charge in [-0.25, -0.2) is 0 Å². The molecule has 0 saturated carbocycles. The Kier molecular flexibility index (Phi) is 4.94. The Morgan fingerprint density at radius 2 is 2.04 bits per heavy atom. The second-order valence-electron chi connectivity index (χ2n) is 6.21. The molecule has 1 amide bonds. The van der Waals surface area contributed by atoms with Crippen LogP contribution in [0.15, 0.2) is 42.5 Å². The van der Waals surface area contributed by atoms with E-state index in [0.29, 0.717) is 19.2 Å². The first-order valence-electron chi connectivity index (χ1n) is 8.30. The summed E-state index contributed by atoms with van der Waals surface area (Å²) < 4.78 is 5.70. The summed E-state index contributed by atoms with van der Waals surface area (Å²) >= 11 is 0. The Bertz CT molecular complexity index is 681. The van der Waals surface area contributed by atoms with Gasteiger partial charge in [0.2, 0.25) is 5.91 Å². The molecule has 1 heterocycles. The highest BCUT2D eigenvalue weighted by Crippen LogP contribution is 2.23. The average molecular weight is 312 g/mol. The van der Waals surface area contributed by atoms with E-state index in [1.54, 1.807) is 0 Å². The van der Waals surface area contributed by atoms with Crippen LogP contribution in [0, 0.1) is 0 Å². The summed E-state index contributed by atoms with van der Waals surface area (Å²) in [6, 6.07) is 14.4. The van der Waals surface area contributed by atoms with Gasteiger partial charge >= 0.3 is 0 Å². The number of amides is 1. The highest BCUT2D eigenvalue weighted by molar-refractivity contribution is 6.02. The highest BCUT2D eigenvalue weighted by Gasteiger charge is 2.27. The second-order valence-corrected chi connectivity index (χ2v) is 6.21. The molecule has 0 bridgehead atoms. The number of ether oxygens (including phenoxy) is 1. The fraction of sp³-hybridized carbons (Fsp3) is 0.421. The quantitative estimate of drug-likeness (QED) is 0.942. The van der Waals surface area contributed by atoms with Crippen molar-refractivity contribution in [2.45, 2.75) is 32.4 Å². The minimum Gasteiger partial charge on any atom is -0.376 e. The molecule has 3 rings (SSSR count). The molecule has 0 unspecified atom stereocenters. The Labute approximate surface area is 137 Å². The van der Waals surface area contributed by atoms with Crippen LogP contribution in [-0.4, -0.2) is 42.6 Å². The van der Waals surface area contributed by atoms with Crippen LogP contribution < -0.4 is 5.32 Å². The molecule has 1 N–H and O–H groups in total. The van der Waals surface area contributed by atoms with Crippen LogP contribution in [0.4, 0.5) is 5.69 Å². The van der Waals surface area contributed by atoms with Gasteiger partial charge in [0.25, 0.3) is 0 Å². The number of rotatable bonds is 4. The largest absolute Gasteiger partial charge is 0.376 e. The molecular weight excluding hydrogens is 288 g/mol. The van der Waals surface area contributed by atoms with E-state index in [-0.39, 0.29) is 12.0 Å². The molecule has 1 saturated heterocycles. The lowest BCUT2D eigenvalue weighted by Gasteiger charge is -2.37. The lowest BCUT2D eigenvalue weighted by molar-refractivity contribution is -0.121. The zero-order chi connectivity index (χ0) is 16.2. The molecule has 4 nitrogen and oxygen atoms in total. The molecule has 23 heavy (non-hydrogen) atoms. The van der Waals surface area contributed by atoms with E-state index in [4.69, 9.17) is 4.74 Å². The van der Waals surface area contributed by atoms with E-state index >= 15 is 0 Å². The Morgan fingerprint density at radius 1 is 1.26 bits per heavy atom. The van der Waals surface area contributed by atoms with Crippen molar-refractivity contribution in [3.63, 3.8) is 0 Å². The number of carbonyl (C=O) groups excluding carboxylic acids is 1.